The minimum absolute atomic E-state index is 0.0891. The molecule has 3 atom stereocenters. The lowest BCUT2D eigenvalue weighted by atomic mass is 9.96. The fourth-order valence-electron chi connectivity index (χ4n) is 5.19. The third-order valence-corrected chi connectivity index (χ3v) is 7.09. The molecule has 1 saturated heterocycles. The van der Waals surface area contributed by atoms with Gasteiger partial charge in [-0.1, -0.05) is 12.1 Å². The lowest BCUT2D eigenvalue weighted by Crippen LogP contribution is -2.58. The van der Waals surface area contributed by atoms with Gasteiger partial charge in [0.1, 0.15) is 28.9 Å². The molecule has 3 aromatic heterocycles. The Balaban J connectivity index is 1.57. The number of rotatable bonds is 4. The molecule has 7 nitrogen and oxygen atoms in total. The number of nitriles is 1. The second-order valence-electron chi connectivity index (χ2n) is 9.47. The summed E-state index contributed by atoms with van der Waals surface area (Å²) in [6, 6.07) is 15.3. The summed E-state index contributed by atoms with van der Waals surface area (Å²) < 4.78 is 30.3. The van der Waals surface area contributed by atoms with Crippen LogP contribution in [0.5, 0.6) is 0 Å². The normalized spacial score (nSPS) is 19.1. The van der Waals surface area contributed by atoms with Gasteiger partial charge in [0, 0.05) is 44.5 Å². The molecule has 1 aliphatic heterocycles. The van der Waals surface area contributed by atoms with Crippen LogP contribution in [-0.2, 0) is 7.05 Å². The van der Waals surface area contributed by atoms with Crippen molar-refractivity contribution in [3.8, 4) is 6.07 Å². The fourth-order valence-corrected chi connectivity index (χ4v) is 5.19. The third kappa shape index (κ3) is 4.45. The SMILES string of the molecule is C[C@H]1CN(C(c2ccc(F)cc2)c2ncccc2F)[C@@H](C)CN1c1cc(=O)n(C)c2ccc(C#N)nc12. The minimum atomic E-state index is -0.523. The molecule has 5 rings (SSSR count). The minimum Gasteiger partial charge on any atom is -0.364 e. The topological polar surface area (TPSA) is 78.0 Å². The van der Waals surface area contributed by atoms with Crippen LogP contribution in [0.25, 0.3) is 11.0 Å². The first kappa shape index (κ1) is 24.5. The summed E-state index contributed by atoms with van der Waals surface area (Å²) in [5.74, 6) is -0.790. The van der Waals surface area contributed by atoms with Crippen molar-refractivity contribution in [3.05, 3.63) is 99.7 Å². The Labute approximate surface area is 213 Å². The van der Waals surface area contributed by atoms with Gasteiger partial charge < -0.3 is 9.47 Å². The molecule has 1 aromatic carbocycles. The first-order valence-electron chi connectivity index (χ1n) is 12.1. The average molecular weight is 501 g/mol. The highest BCUT2D eigenvalue weighted by atomic mass is 19.1. The highest BCUT2D eigenvalue weighted by molar-refractivity contribution is 5.89. The quantitative estimate of drug-likeness (QED) is 0.419. The molecule has 0 aliphatic carbocycles. The van der Waals surface area contributed by atoms with E-state index >= 15 is 4.39 Å². The van der Waals surface area contributed by atoms with Gasteiger partial charge in [-0.3, -0.25) is 14.7 Å². The van der Waals surface area contributed by atoms with E-state index in [1.165, 1.54) is 22.8 Å². The fraction of sp³-hybridized carbons (Fsp3) is 0.286. The second-order valence-corrected chi connectivity index (χ2v) is 9.47. The van der Waals surface area contributed by atoms with E-state index in [4.69, 9.17) is 0 Å². The van der Waals surface area contributed by atoms with E-state index in [-0.39, 0.29) is 34.8 Å². The molecule has 37 heavy (non-hydrogen) atoms. The first-order valence-corrected chi connectivity index (χ1v) is 12.1. The van der Waals surface area contributed by atoms with E-state index in [1.807, 2.05) is 13.8 Å². The van der Waals surface area contributed by atoms with Crippen molar-refractivity contribution in [2.45, 2.75) is 32.0 Å². The Bertz CT molecular complexity index is 1560. The molecule has 1 fully saturated rings. The molecule has 0 spiro atoms. The van der Waals surface area contributed by atoms with Crippen LogP contribution in [0.2, 0.25) is 0 Å². The number of benzene rings is 1. The predicted molar refractivity (Wildman–Crippen MR) is 137 cm³/mol. The molecule has 0 bridgehead atoms. The Morgan fingerprint density at radius 1 is 1.05 bits per heavy atom. The molecule has 0 amide bonds. The molecular formula is C28H26F2N6O. The first-order chi connectivity index (χ1) is 17.8. The molecule has 0 radical (unpaired) electrons. The van der Waals surface area contributed by atoms with Crippen molar-refractivity contribution in [1.82, 2.24) is 19.4 Å². The van der Waals surface area contributed by atoms with Gasteiger partial charge in [0.15, 0.2) is 0 Å². The summed E-state index contributed by atoms with van der Waals surface area (Å²) in [5, 5.41) is 9.41. The van der Waals surface area contributed by atoms with E-state index < -0.39 is 11.9 Å². The molecule has 1 aliphatic rings. The van der Waals surface area contributed by atoms with Gasteiger partial charge in [-0.25, -0.2) is 13.8 Å². The summed E-state index contributed by atoms with van der Waals surface area (Å²) in [5.41, 5.74) is 3.01. The number of fused-ring (bicyclic) bond motifs is 1. The summed E-state index contributed by atoms with van der Waals surface area (Å²) in [6.45, 7) is 5.11. The molecule has 4 aromatic rings. The van der Waals surface area contributed by atoms with Crippen LogP contribution in [0.3, 0.4) is 0 Å². The zero-order valence-electron chi connectivity index (χ0n) is 20.8. The number of hydrogen-bond acceptors (Lipinski definition) is 6. The van der Waals surface area contributed by atoms with E-state index in [1.54, 1.807) is 49.6 Å². The standard InChI is InChI=1S/C28H26F2N6O/c1-17-16-36(28(19-6-8-20(29)9-7-19)26-22(30)5-4-12-32-26)18(2)15-35(17)24-13-25(37)34(3)23-11-10-21(14-31)33-27(23)24/h4-13,17-18,28H,15-16H2,1-3H3/t17-,18-,28?/m0/s1. The van der Waals surface area contributed by atoms with Crippen molar-refractivity contribution in [2.24, 2.45) is 7.05 Å². The predicted octanol–water partition coefficient (Wildman–Crippen LogP) is 4.17. The van der Waals surface area contributed by atoms with E-state index in [2.05, 4.69) is 25.8 Å². The number of aryl methyl sites for hydroxylation is 1. The van der Waals surface area contributed by atoms with Gasteiger partial charge in [-0.05, 0) is 55.8 Å². The second kappa shape index (κ2) is 9.71. The Hall–Kier alpha value is -4.16. The van der Waals surface area contributed by atoms with E-state index in [0.717, 1.165) is 5.56 Å². The maximum Gasteiger partial charge on any atom is 0.252 e. The van der Waals surface area contributed by atoms with Gasteiger partial charge in [0.25, 0.3) is 5.56 Å². The highest BCUT2D eigenvalue weighted by Crippen LogP contribution is 2.36. The summed E-state index contributed by atoms with van der Waals surface area (Å²) in [7, 11) is 1.68. The Morgan fingerprint density at radius 3 is 2.51 bits per heavy atom. The average Bonchev–Trinajstić information content (AvgIpc) is 2.90. The molecule has 4 heterocycles. The third-order valence-electron chi connectivity index (χ3n) is 7.09. The van der Waals surface area contributed by atoms with Gasteiger partial charge in [-0.15, -0.1) is 0 Å². The van der Waals surface area contributed by atoms with Crippen LogP contribution in [0.15, 0.2) is 65.6 Å². The van der Waals surface area contributed by atoms with Crippen molar-refractivity contribution in [3.63, 3.8) is 0 Å². The smallest absolute Gasteiger partial charge is 0.252 e. The van der Waals surface area contributed by atoms with Crippen LogP contribution in [-0.4, -0.2) is 44.6 Å². The van der Waals surface area contributed by atoms with Crippen molar-refractivity contribution in [1.29, 1.82) is 5.26 Å². The summed E-state index contributed by atoms with van der Waals surface area (Å²) in [4.78, 5) is 26.0. The van der Waals surface area contributed by atoms with Gasteiger partial charge in [0.2, 0.25) is 0 Å². The van der Waals surface area contributed by atoms with E-state index in [0.29, 0.717) is 29.8 Å². The zero-order chi connectivity index (χ0) is 26.3. The number of piperazine rings is 1. The van der Waals surface area contributed by atoms with Gasteiger partial charge in [0.05, 0.1) is 22.9 Å². The van der Waals surface area contributed by atoms with Crippen LogP contribution in [0, 0.1) is 23.0 Å². The number of aromatic nitrogens is 3. The van der Waals surface area contributed by atoms with Crippen molar-refractivity contribution < 1.29 is 8.78 Å². The number of pyridine rings is 3. The lowest BCUT2D eigenvalue weighted by molar-refractivity contribution is 0.125. The number of hydrogen-bond donors (Lipinski definition) is 0. The molecule has 0 N–H and O–H groups in total. The monoisotopic (exact) mass is 500 g/mol. The Kier molecular flexibility index (Phi) is 6.44. The van der Waals surface area contributed by atoms with Crippen LogP contribution in [0.4, 0.5) is 14.5 Å². The number of halogens is 2. The van der Waals surface area contributed by atoms with Crippen LogP contribution in [0.1, 0.15) is 36.8 Å². The van der Waals surface area contributed by atoms with Gasteiger partial charge >= 0.3 is 0 Å². The maximum absolute atomic E-state index is 15.0. The Morgan fingerprint density at radius 2 is 1.81 bits per heavy atom. The molecule has 9 heteroatoms. The highest BCUT2D eigenvalue weighted by Gasteiger charge is 2.37. The van der Waals surface area contributed by atoms with E-state index in [9.17, 15) is 14.4 Å². The summed E-state index contributed by atoms with van der Waals surface area (Å²) in [6.07, 6.45) is 1.56. The van der Waals surface area contributed by atoms with Crippen LogP contribution >= 0.6 is 0 Å². The van der Waals surface area contributed by atoms with Crippen molar-refractivity contribution in [2.75, 3.05) is 18.0 Å². The number of anilines is 1. The van der Waals surface area contributed by atoms with Crippen molar-refractivity contribution >= 4 is 16.7 Å². The molecule has 0 saturated carbocycles. The van der Waals surface area contributed by atoms with Crippen LogP contribution < -0.4 is 10.5 Å². The number of nitrogens with zero attached hydrogens (tertiary/aromatic N) is 6. The largest absolute Gasteiger partial charge is 0.364 e. The molecule has 1 unspecified atom stereocenters. The lowest BCUT2D eigenvalue weighted by Gasteiger charge is -2.48. The maximum atomic E-state index is 15.0. The molecule has 188 valence electrons. The zero-order valence-corrected chi connectivity index (χ0v) is 20.8. The molecular weight excluding hydrogens is 474 g/mol. The summed E-state index contributed by atoms with van der Waals surface area (Å²) >= 11 is 0. The van der Waals surface area contributed by atoms with Gasteiger partial charge in [-0.2, -0.15) is 5.26 Å².